The molecule has 0 aromatic heterocycles. The summed E-state index contributed by atoms with van der Waals surface area (Å²) < 4.78 is 1.27. The zero-order valence-corrected chi connectivity index (χ0v) is 9.39. The van der Waals surface area contributed by atoms with Crippen molar-refractivity contribution in [1.82, 2.24) is 4.90 Å². The lowest BCUT2D eigenvalue weighted by atomic mass is 10.2. The number of hydrogen-bond donors (Lipinski definition) is 0. The second kappa shape index (κ2) is 6.40. The summed E-state index contributed by atoms with van der Waals surface area (Å²) in [6.07, 6.45) is 0. The SMILES string of the molecule is CCN(CC)CC(C)CI. The molecule has 62 valence electrons. The second-order valence-electron chi connectivity index (χ2n) is 2.75. The van der Waals surface area contributed by atoms with Crippen molar-refractivity contribution < 1.29 is 0 Å². The Balaban J connectivity index is 3.41. The Kier molecular flexibility index (Phi) is 6.85. The Hall–Kier alpha value is 0.690. The summed E-state index contributed by atoms with van der Waals surface area (Å²) in [7, 11) is 0. The monoisotopic (exact) mass is 255 g/mol. The molecule has 0 spiro atoms. The molecule has 0 fully saturated rings. The van der Waals surface area contributed by atoms with Gasteiger partial charge in [-0.05, 0) is 19.0 Å². The number of halogens is 1. The highest BCUT2D eigenvalue weighted by Gasteiger charge is 2.04. The third-order valence-electron chi connectivity index (χ3n) is 1.73. The van der Waals surface area contributed by atoms with Crippen molar-refractivity contribution in [3.8, 4) is 0 Å². The molecule has 0 N–H and O–H groups in total. The quantitative estimate of drug-likeness (QED) is 0.538. The van der Waals surface area contributed by atoms with Crippen molar-refractivity contribution in [1.29, 1.82) is 0 Å². The standard InChI is InChI=1S/C8H18IN/c1-4-10(5-2)7-8(3)6-9/h8H,4-7H2,1-3H3. The van der Waals surface area contributed by atoms with Crippen LogP contribution in [-0.2, 0) is 0 Å². The maximum Gasteiger partial charge on any atom is 0.00332 e. The van der Waals surface area contributed by atoms with E-state index in [-0.39, 0.29) is 0 Å². The first-order valence-electron chi connectivity index (χ1n) is 4.02. The van der Waals surface area contributed by atoms with Crippen LogP contribution in [0, 0.1) is 5.92 Å². The van der Waals surface area contributed by atoms with Crippen LogP contribution >= 0.6 is 22.6 Å². The molecule has 0 aliphatic rings. The fourth-order valence-corrected chi connectivity index (χ4v) is 1.25. The van der Waals surface area contributed by atoms with E-state index in [1.165, 1.54) is 24.1 Å². The largest absolute Gasteiger partial charge is 0.304 e. The lowest BCUT2D eigenvalue weighted by Crippen LogP contribution is -2.28. The van der Waals surface area contributed by atoms with Gasteiger partial charge in [0.2, 0.25) is 0 Å². The average molecular weight is 255 g/mol. The Labute approximate surface area is 78.3 Å². The zero-order valence-electron chi connectivity index (χ0n) is 7.23. The Morgan fingerprint density at radius 3 is 2.10 bits per heavy atom. The van der Waals surface area contributed by atoms with Gasteiger partial charge in [-0.3, -0.25) is 0 Å². The molecule has 0 bridgehead atoms. The molecular weight excluding hydrogens is 237 g/mol. The minimum Gasteiger partial charge on any atom is -0.304 e. The minimum absolute atomic E-state index is 0.848. The molecule has 0 aliphatic heterocycles. The molecule has 0 aliphatic carbocycles. The first-order valence-corrected chi connectivity index (χ1v) is 5.55. The highest BCUT2D eigenvalue weighted by molar-refractivity contribution is 14.1. The Morgan fingerprint density at radius 1 is 1.30 bits per heavy atom. The summed E-state index contributed by atoms with van der Waals surface area (Å²) in [5.41, 5.74) is 0. The summed E-state index contributed by atoms with van der Waals surface area (Å²) in [5, 5.41) is 0. The third-order valence-corrected chi connectivity index (χ3v) is 3.23. The molecule has 0 radical (unpaired) electrons. The fourth-order valence-electron chi connectivity index (χ4n) is 0.971. The fraction of sp³-hybridized carbons (Fsp3) is 1.00. The van der Waals surface area contributed by atoms with Crippen LogP contribution in [0.15, 0.2) is 0 Å². The molecule has 2 heteroatoms. The normalized spacial score (nSPS) is 14.1. The lowest BCUT2D eigenvalue weighted by molar-refractivity contribution is 0.272. The van der Waals surface area contributed by atoms with Crippen LogP contribution in [0.5, 0.6) is 0 Å². The van der Waals surface area contributed by atoms with Gasteiger partial charge in [0.15, 0.2) is 0 Å². The first-order chi connectivity index (χ1) is 4.74. The number of hydrogen-bond acceptors (Lipinski definition) is 1. The van der Waals surface area contributed by atoms with Crippen molar-refractivity contribution in [2.45, 2.75) is 20.8 Å². The van der Waals surface area contributed by atoms with Gasteiger partial charge in [-0.15, -0.1) is 0 Å². The highest BCUT2D eigenvalue weighted by Crippen LogP contribution is 2.02. The molecule has 0 aromatic carbocycles. The topological polar surface area (TPSA) is 3.24 Å². The Morgan fingerprint density at radius 2 is 1.80 bits per heavy atom. The van der Waals surface area contributed by atoms with Gasteiger partial charge in [0.1, 0.15) is 0 Å². The molecule has 1 atom stereocenters. The molecule has 0 heterocycles. The van der Waals surface area contributed by atoms with Crippen molar-refractivity contribution in [3.63, 3.8) is 0 Å². The Bertz CT molecular complexity index is 71.7. The van der Waals surface area contributed by atoms with E-state index in [9.17, 15) is 0 Å². The molecule has 1 nitrogen and oxygen atoms in total. The van der Waals surface area contributed by atoms with Crippen LogP contribution in [0.2, 0.25) is 0 Å². The van der Waals surface area contributed by atoms with Gasteiger partial charge in [0.05, 0.1) is 0 Å². The maximum absolute atomic E-state index is 2.48. The molecule has 0 amide bonds. The summed E-state index contributed by atoms with van der Waals surface area (Å²) in [4.78, 5) is 2.48. The van der Waals surface area contributed by atoms with Gasteiger partial charge in [0.25, 0.3) is 0 Å². The number of rotatable bonds is 5. The van der Waals surface area contributed by atoms with Gasteiger partial charge in [-0.25, -0.2) is 0 Å². The van der Waals surface area contributed by atoms with Crippen LogP contribution in [0.3, 0.4) is 0 Å². The van der Waals surface area contributed by atoms with Gasteiger partial charge in [-0.1, -0.05) is 43.4 Å². The highest BCUT2D eigenvalue weighted by atomic mass is 127. The van der Waals surface area contributed by atoms with Crippen LogP contribution in [0.25, 0.3) is 0 Å². The van der Waals surface area contributed by atoms with Gasteiger partial charge >= 0.3 is 0 Å². The minimum atomic E-state index is 0.848. The van der Waals surface area contributed by atoms with E-state index in [1.54, 1.807) is 0 Å². The van der Waals surface area contributed by atoms with Gasteiger partial charge in [0, 0.05) is 11.0 Å². The van der Waals surface area contributed by atoms with Crippen molar-refractivity contribution in [3.05, 3.63) is 0 Å². The predicted molar refractivity (Wildman–Crippen MR) is 55.8 cm³/mol. The molecule has 0 saturated heterocycles. The molecule has 1 unspecified atom stereocenters. The average Bonchev–Trinajstić information content (AvgIpc) is 1.99. The summed E-state index contributed by atoms with van der Waals surface area (Å²) in [6, 6.07) is 0. The smallest absolute Gasteiger partial charge is 0.00332 e. The van der Waals surface area contributed by atoms with E-state index in [0.717, 1.165) is 5.92 Å². The van der Waals surface area contributed by atoms with E-state index in [4.69, 9.17) is 0 Å². The van der Waals surface area contributed by atoms with Crippen molar-refractivity contribution in [2.75, 3.05) is 24.1 Å². The molecule has 0 rings (SSSR count). The first kappa shape index (κ1) is 10.7. The number of alkyl halides is 1. The van der Waals surface area contributed by atoms with E-state index in [0.29, 0.717) is 0 Å². The lowest BCUT2D eigenvalue weighted by Gasteiger charge is -2.20. The van der Waals surface area contributed by atoms with Crippen LogP contribution < -0.4 is 0 Å². The van der Waals surface area contributed by atoms with Crippen molar-refractivity contribution >= 4 is 22.6 Å². The van der Waals surface area contributed by atoms with Gasteiger partial charge < -0.3 is 4.90 Å². The van der Waals surface area contributed by atoms with Crippen LogP contribution in [0.1, 0.15) is 20.8 Å². The van der Waals surface area contributed by atoms with E-state index in [2.05, 4.69) is 48.3 Å². The zero-order chi connectivity index (χ0) is 7.98. The molecule has 0 saturated carbocycles. The van der Waals surface area contributed by atoms with E-state index >= 15 is 0 Å². The molecule has 10 heavy (non-hydrogen) atoms. The maximum atomic E-state index is 2.48. The second-order valence-corrected chi connectivity index (χ2v) is 3.63. The van der Waals surface area contributed by atoms with E-state index < -0.39 is 0 Å². The van der Waals surface area contributed by atoms with E-state index in [1.807, 2.05) is 0 Å². The van der Waals surface area contributed by atoms with Gasteiger partial charge in [-0.2, -0.15) is 0 Å². The molecular formula is C8H18IN. The molecule has 0 aromatic rings. The van der Waals surface area contributed by atoms with Crippen LogP contribution in [-0.4, -0.2) is 29.0 Å². The summed E-state index contributed by atoms with van der Waals surface area (Å²) in [6.45, 7) is 10.4. The third kappa shape index (κ3) is 4.50. The summed E-state index contributed by atoms with van der Waals surface area (Å²) >= 11 is 2.45. The summed E-state index contributed by atoms with van der Waals surface area (Å²) in [5.74, 6) is 0.848. The predicted octanol–water partition coefficient (Wildman–Crippen LogP) is 2.40. The number of nitrogens with zero attached hydrogens (tertiary/aromatic N) is 1. The van der Waals surface area contributed by atoms with Crippen LogP contribution in [0.4, 0.5) is 0 Å². The van der Waals surface area contributed by atoms with Crippen molar-refractivity contribution in [2.24, 2.45) is 5.92 Å².